The van der Waals surface area contributed by atoms with Gasteiger partial charge in [-0.25, -0.2) is 9.18 Å². The molecule has 0 aliphatic rings. The first-order valence-electron chi connectivity index (χ1n) is 7.29. The number of halogens is 3. The molecule has 2 N–H and O–H groups in total. The highest BCUT2D eigenvalue weighted by Gasteiger charge is 2.12. The molecular weight excluding hydrogens is 386 g/mol. The van der Waals surface area contributed by atoms with E-state index in [2.05, 4.69) is 10.6 Å². The van der Waals surface area contributed by atoms with Gasteiger partial charge in [-0.3, -0.25) is 9.59 Å². The number of rotatable bonds is 6. The molecule has 2 aromatic rings. The van der Waals surface area contributed by atoms with Crippen LogP contribution in [0.15, 0.2) is 42.5 Å². The third kappa shape index (κ3) is 6.34. The van der Waals surface area contributed by atoms with Crippen molar-refractivity contribution < 1.29 is 23.5 Å². The Morgan fingerprint density at radius 3 is 2.19 bits per heavy atom. The lowest BCUT2D eigenvalue weighted by Gasteiger charge is -2.08. The molecule has 0 atom stereocenters. The van der Waals surface area contributed by atoms with E-state index in [-0.39, 0.29) is 22.2 Å². The predicted octanol–water partition coefficient (Wildman–Crippen LogP) is 3.04. The van der Waals surface area contributed by atoms with Crippen molar-refractivity contribution in [1.29, 1.82) is 0 Å². The van der Waals surface area contributed by atoms with Crippen molar-refractivity contribution >= 4 is 46.7 Å². The summed E-state index contributed by atoms with van der Waals surface area (Å²) in [5, 5.41) is 5.27. The van der Waals surface area contributed by atoms with Crippen molar-refractivity contribution in [2.24, 2.45) is 0 Å². The van der Waals surface area contributed by atoms with Gasteiger partial charge in [0.15, 0.2) is 6.61 Å². The minimum atomic E-state index is -0.777. The van der Waals surface area contributed by atoms with E-state index in [0.717, 1.165) is 0 Å². The molecule has 0 fully saturated rings. The summed E-state index contributed by atoms with van der Waals surface area (Å²) in [6.07, 6.45) is 0. The second kappa shape index (κ2) is 9.17. The van der Waals surface area contributed by atoms with Gasteiger partial charge in [0.25, 0.3) is 5.91 Å². The van der Waals surface area contributed by atoms with E-state index in [4.69, 9.17) is 27.9 Å². The number of carbonyl (C=O) groups excluding carboxylic acids is 3. The number of ether oxygens (including phenoxy) is 1. The van der Waals surface area contributed by atoms with Gasteiger partial charge in [-0.15, -0.1) is 0 Å². The number of nitrogens with one attached hydrogen (secondary N) is 2. The summed E-state index contributed by atoms with van der Waals surface area (Å²) in [7, 11) is 0. The summed E-state index contributed by atoms with van der Waals surface area (Å²) in [4.78, 5) is 35.2. The van der Waals surface area contributed by atoms with Crippen LogP contribution in [0.5, 0.6) is 0 Å². The lowest BCUT2D eigenvalue weighted by atomic mass is 10.2. The Morgan fingerprint density at radius 1 is 0.962 bits per heavy atom. The van der Waals surface area contributed by atoms with Gasteiger partial charge in [0, 0.05) is 15.7 Å². The molecular formula is C17H13Cl2FN2O4. The molecule has 0 saturated heterocycles. The Hall–Kier alpha value is -2.64. The van der Waals surface area contributed by atoms with Crippen LogP contribution in [0.1, 0.15) is 10.4 Å². The number of hydrogen-bond acceptors (Lipinski definition) is 4. The zero-order chi connectivity index (χ0) is 19.1. The van der Waals surface area contributed by atoms with Gasteiger partial charge in [-0.2, -0.15) is 0 Å². The van der Waals surface area contributed by atoms with E-state index in [1.165, 1.54) is 42.5 Å². The highest BCUT2D eigenvalue weighted by Crippen LogP contribution is 2.19. The van der Waals surface area contributed by atoms with Crippen LogP contribution in [0, 0.1) is 5.82 Å². The summed E-state index contributed by atoms with van der Waals surface area (Å²) in [6.45, 7) is -0.913. The Labute approximate surface area is 158 Å². The third-order valence-electron chi connectivity index (χ3n) is 3.01. The second-order valence-electron chi connectivity index (χ2n) is 5.07. The Balaban J connectivity index is 1.75. The first-order valence-corrected chi connectivity index (χ1v) is 8.04. The fraction of sp³-hybridized carbons (Fsp3) is 0.118. The highest BCUT2D eigenvalue weighted by atomic mass is 35.5. The first kappa shape index (κ1) is 19.7. The lowest BCUT2D eigenvalue weighted by molar-refractivity contribution is -0.126. The van der Waals surface area contributed by atoms with Gasteiger partial charge in [-0.05, 0) is 42.5 Å². The van der Waals surface area contributed by atoms with E-state index in [9.17, 15) is 18.8 Å². The van der Waals surface area contributed by atoms with Crippen LogP contribution < -0.4 is 10.6 Å². The number of esters is 1. The number of benzene rings is 2. The summed E-state index contributed by atoms with van der Waals surface area (Å²) in [5.74, 6) is -2.39. The molecule has 0 unspecified atom stereocenters. The fourth-order valence-electron chi connectivity index (χ4n) is 1.85. The van der Waals surface area contributed by atoms with Gasteiger partial charge >= 0.3 is 5.97 Å². The van der Waals surface area contributed by atoms with Crippen LogP contribution in [0.25, 0.3) is 0 Å². The quantitative estimate of drug-likeness (QED) is 0.732. The minimum absolute atomic E-state index is 0.101. The second-order valence-corrected chi connectivity index (χ2v) is 5.94. The number of hydrogen-bond donors (Lipinski definition) is 2. The van der Waals surface area contributed by atoms with E-state index < -0.39 is 30.2 Å². The summed E-state index contributed by atoms with van der Waals surface area (Å²) in [6, 6.07) is 9.30. The SMILES string of the molecule is O=C(COC(=O)c1cc(Cl)cc(Cl)c1)NCC(=O)Nc1ccc(F)cc1. The Morgan fingerprint density at radius 2 is 1.58 bits per heavy atom. The Bertz CT molecular complexity index is 808. The molecule has 0 bridgehead atoms. The van der Waals surface area contributed by atoms with Crippen molar-refractivity contribution in [1.82, 2.24) is 5.32 Å². The molecule has 0 spiro atoms. The van der Waals surface area contributed by atoms with E-state index in [1.807, 2.05) is 0 Å². The van der Waals surface area contributed by atoms with Gasteiger partial charge in [-0.1, -0.05) is 23.2 Å². The molecule has 2 aromatic carbocycles. The molecule has 2 amide bonds. The largest absolute Gasteiger partial charge is 0.452 e. The Kier molecular flexibility index (Phi) is 6.94. The van der Waals surface area contributed by atoms with E-state index in [0.29, 0.717) is 5.69 Å². The van der Waals surface area contributed by atoms with Crippen molar-refractivity contribution in [3.05, 3.63) is 63.9 Å². The average molecular weight is 399 g/mol. The average Bonchev–Trinajstić information content (AvgIpc) is 2.59. The van der Waals surface area contributed by atoms with Crippen molar-refractivity contribution in [3.8, 4) is 0 Å². The van der Waals surface area contributed by atoms with E-state index >= 15 is 0 Å². The summed E-state index contributed by atoms with van der Waals surface area (Å²) in [5.41, 5.74) is 0.485. The standard InChI is InChI=1S/C17H13Cl2FN2O4/c18-11-5-10(6-12(19)7-11)17(25)26-9-16(24)21-8-15(23)22-14-3-1-13(20)2-4-14/h1-7H,8-9H2,(H,21,24)(H,22,23). The van der Waals surface area contributed by atoms with Crippen LogP contribution in [0.2, 0.25) is 10.0 Å². The molecule has 0 aliphatic heterocycles. The molecule has 0 saturated carbocycles. The summed E-state index contributed by atoms with van der Waals surface area (Å²) >= 11 is 11.6. The van der Waals surface area contributed by atoms with Crippen molar-refractivity contribution in [3.63, 3.8) is 0 Å². The monoisotopic (exact) mass is 398 g/mol. The molecule has 0 aromatic heterocycles. The number of amides is 2. The first-order chi connectivity index (χ1) is 12.3. The maximum Gasteiger partial charge on any atom is 0.338 e. The topological polar surface area (TPSA) is 84.5 Å². The van der Waals surface area contributed by atoms with Gasteiger partial charge in [0.2, 0.25) is 5.91 Å². The minimum Gasteiger partial charge on any atom is -0.452 e. The molecule has 0 radical (unpaired) electrons. The third-order valence-corrected chi connectivity index (χ3v) is 3.44. The lowest BCUT2D eigenvalue weighted by Crippen LogP contribution is -2.35. The predicted molar refractivity (Wildman–Crippen MR) is 94.8 cm³/mol. The number of carbonyl (C=O) groups is 3. The zero-order valence-electron chi connectivity index (χ0n) is 13.2. The molecule has 6 nitrogen and oxygen atoms in total. The molecule has 0 heterocycles. The van der Waals surface area contributed by atoms with Crippen LogP contribution in [0.3, 0.4) is 0 Å². The smallest absolute Gasteiger partial charge is 0.338 e. The molecule has 2 rings (SSSR count). The van der Waals surface area contributed by atoms with Gasteiger partial charge in [0.1, 0.15) is 5.82 Å². The van der Waals surface area contributed by atoms with Gasteiger partial charge in [0.05, 0.1) is 12.1 Å². The van der Waals surface area contributed by atoms with Crippen LogP contribution in [0.4, 0.5) is 10.1 Å². The van der Waals surface area contributed by atoms with E-state index in [1.54, 1.807) is 0 Å². The normalized spacial score (nSPS) is 10.1. The van der Waals surface area contributed by atoms with Crippen LogP contribution in [-0.2, 0) is 14.3 Å². The molecule has 9 heteroatoms. The van der Waals surface area contributed by atoms with Gasteiger partial charge < -0.3 is 15.4 Å². The van der Waals surface area contributed by atoms with Crippen LogP contribution >= 0.6 is 23.2 Å². The van der Waals surface area contributed by atoms with Crippen LogP contribution in [-0.4, -0.2) is 30.9 Å². The fourth-order valence-corrected chi connectivity index (χ4v) is 2.38. The van der Waals surface area contributed by atoms with Crippen molar-refractivity contribution in [2.45, 2.75) is 0 Å². The summed E-state index contributed by atoms with van der Waals surface area (Å²) < 4.78 is 17.6. The molecule has 136 valence electrons. The maximum atomic E-state index is 12.8. The zero-order valence-corrected chi connectivity index (χ0v) is 14.7. The molecule has 26 heavy (non-hydrogen) atoms. The van der Waals surface area contributed by atoms with Crippen molar-refractivity contribution in [2.75, 3.05) is 18.5 Å². The maximum absolute atomic E-state index is 12.8. The highest BCUT2D eigenvalue weighted by molar-refractivity contribution is 6.35. The molecule has 0 aliphatic carbocycles. The number of anilines is 1.